The number of likely N-dealkylation sites (tertiary alicyclic amines) is 1. The third kappa shape index (κ3) is 3.28. The van der Waals surface area contributed by atoms with Crippen LogP contribution in [0, 0.1) is 5.92 Å². The zero-order valence-corrected chi connectivity index (χ0v) is 15.6. The average molecular weight is 372 g/mol. The van der Waals surface area contributed by atoms with Crippen LogP contribution >= 0.6 is 11.3 Å². The summed E-state index contributed by atoms with van der Waals surface area (Å²) in [5, 5.41) is 6.35. The first-order chi connectivity index (χ1) is 12.6. The van der Waals surface area contributed by atoms with E-state index in [1.54, 1.807) is 6.07 Å². The summed E-state index contributed by atoms with van der Waals surface area (Å²) in [5.41, 5.74) is 6.27. The van der Waals surface area contributed by atoms with Crippen molar-refractivity contribution in [2.45, 2.75) is 51.1 Å². The van der Waals surface area contributed by atoms with Gasteiger partial charge in [0.05, 0.1) is 4.88 Å². The number of hydrogen-bond acceptors (Lipinski definition) is 5. The van der Waals surface area contributed by atoms with Crippen LogP contribution in [0.25, 0.3) is 10.6 Å². The number of carbonyl (C=O) groups excluding carboxylic acids is 1. The third-order valence-corrected chi connectivity index (χ3v) is 6.52. The van der Waals surface area contributed by atoms with Crippen molar-refractivity contribution in [1.29, 1.82) is 0 Å². The van der Waals surface area contributed by atoms with E-state index < -0.39 is 5.56 Å². The van der Waals surface area contributed by atoms with Gasteiger partial charge in [0.1, 0.15) is 17.9 Å². The fourth-order valence-electron chi connectivity index (χ4n) is 4.37. The fraction of sp³-hybridized carbons (Fsp3) is 0.526. The van der Waals surface area contributed by atoms with Crippen molar-refractivity contribution in [1.82, 2.24) is 14.7 Å². The van der Waals surface area contributed by atoms with Crippen LogP contribution in [-0.2, 0) is 11.3 Å². The van der Waals surface area contributed by atoms with Gasteiger partial charge in [-0.2, -0.15) is 5.10 Å². The molecule has 7 heteroatoms. The lowest BCUT2D eigenvalue weighted by atomic mass is 9.78. The lowest BCUT2D eigenvalue weighted by Crippen LogP contribution is -2.51. The maximum atomic E-state index is 13.0. The fourth-order valence-corrected chi connectivity index (χ4v) is 5.05. The predicted octanol–water partition coefficient (Wildman–Crippen LogP) is 2.74. The molecule has 1 amide bonds. The topological polar surface area (TPSA) is 81.2 Å². The molecule has 2 aromatic heterocycles. The summed E-state index contributed by atoms with van der Waals surface area (Å²) in [6.07, 6.45) is 7.01. The summed E-state index contributed by atoms with van der Waals surface area (Å²) in [7, 11) is 0. The van der Waals surface area contributed by atoms with Crippen LogP contribution in [0.5, 0.6) is 0 Å². The first kappa shape index (κ1) is 17.3. The Morgan fingerprint density at radius 2 is 2.08 bits per heavy atom. The number of piperidine rings is 1. The molecule has 2 aromatic rings. The number of nitrogens with zero attached hydrogens (tertiary/aromatic N) is 3. The SMILES string of the molecule is Nc1cc(-c2cccs2)nn(CC(=O)N2CCC[C@H]3CCCC[C@H]32)c1=O. The Kier molecular flexibility index (Phi) is 4.80. The van der Waals surface area contributed by atoms with Gasteiger partial charge in [-0.15, -0.1) is 11.3 Å². The van der Waals surface area contributed by atoms with Crippen LogP contribution in [0.3, 0.4) is 0 Å². The van der Waals surface area contributed by atoms with E-state index in [0.717, 1.165) is 24.3 Å². The summed E-state index contributed by atoms with van der Waals surface area (Å²) in [6, 6.07) is 5.78. The summed E-state index contributed by atoms with van der Waals surface area (Å²) in [5.74, 6) is 0.604. The Bertz CT molecular complexity index is 844. The Morgan fingerprint density at radius 3 is 2.88 bits per heavy atom. The molecule has 1 saturated carbocycles. The van der Waals surface area contributed by atoms with E-state index in [2.05, 4.69) is 5.10 Å². The molecule has 1 aliphatic heterocycles. The second-order valence-electron chi connectivity index (χ2n) is 7.27. The van der Waals surface area contributed by atoms with E-state index >= 15 is 0 Å². The predicted molar refractivity (Wildman–Crippen MR) is 103 cm³/mol. The Hall–Kier alpha value is -2.15. The number of aromatic nitrogens is 2. The van der Waals surface area contributed by atoms with Gasteiger partial charge >= 0.3 is 0 Å². The van der Waals surface area contributed by atoms with Gasteiger partial charge in [-0.05, 0) is 49.1 Å². The molecular formula is C19H24N4O2S. The van der Waals surface area contributed by atoms with E-state index in [1.807, 2.05) is 22.4 Å². The Labute approximate surface area is 156 Å². The van der Waals surface area contributed by atoms with E-state index in [0.29, 0.717) is 17.7 Å². The smallest absolute Gasteiger partial charge is 0.290 e. The van der Waals surface area contributed by atoms with Gasteiger partial charge in [0, 0.05) is 12.6 Å². The largest absolute Gasteiger partial charge is 0.394 e. The molecule has 138 valence electrons. The quantitative estimate of drug-likeness (QED) is 0.898. The van der Waals surface area contributed by atoms with Crippen LogP contribution in [0.4, 0.5) is 5.69 Å². The molecule has 0 unspecified atom stereocenters. The molecule has 1 aliphatic carbocycles. The zero-order chi connectivity index (χ0) is 18.1. The normalized spacial score (nSPS) is 22.8. The molecule has 4 rings (SSSR count). The van der Waals surface area contributed by atoms with Gasteiger partial charge in [-0.25, -0.2) is 4.68 Å². The molecule has 2 aliphatic rings. The van der Waals surface area contributed by atoms with Crippen molar-refractivity contribution in [2.24, 2.45) is 5.92 Å². The molecule has 26 heavy (non-hydrogen) atoms. The van der Waals surface area contributed by atoms with E-state index in [9.17, 15) is 9.59 Å². The molecule has 0 spiro atoms. The molecule has 0 radical (unpaired) electrons. The van der Waals surface area contributed by atoms with Gasteiger partial charge in [0.15, 0.2) is 0 Å². The van der Waals surface area contributed by atoms with Crippen LogP contribution in [0.15, 0.2) is 28.4 Å². The number of amides is 1. The lowest BCUT2D eigenvalue weighted by molar-refractivity contribution is -0.138. The minimum Gasteiger partial charge on any atom is -0.394 e. The van der Waals surface area contributed by atoms with Gasteiger partial charge in [0.25, 0.3) is 5.56 Å². The van der Waals surface area contributed by atoms with Gasteiger partial charge in [-0.3, -0.25) is 9.59 Å². The Balaban J connectivity index is 1.58. The lowest BCUT2D eigenvalue weighted by Gasteiger charge is -2.44. The summed E-state index contributed by atoms with van der Waals surface area (Å²) < 4.78 is 1.24. The molecule has 2 atom stereocenters. The highest BCUT2D eigenvalue weighted by Crippen LogP contribution is 2.35. The van der Waals surface area contributed by atoms with Crippen molar-refractivity contribution in [2.75, 3.05) is 12.3 Å². The highest BCUT2D eigenvalue weighted by atomic mass is 32.1. The van der Waals surface area contributed by atoms with Crippen LogP contribution in [0.2, 0.25) is 0 Å². The highest BCUT2D eigenvalue weighted by Gasteiger charge is 2.35. The molecule has 0 bridgehead atoms. The van der Waals surface area contributed by atoms with E-state index in [1.165, 1.54) is 41.7 Å². The van der Waals surface area contributed by atoms with Gasteiger partial charge < -0.3 is 10.6 Å². The van der Waals surface area contributed by atoms with Gasteiger partial charge in [0.2, 0.25) is 5.91 Å². The van der Waals surface area contributed by atoms with Crippen LogP contribution in [-0.4, -0.2) is 33.2 Å². The maximum Gasteiger partial charge on any atom is 0.290 e. The monoisotopic (exact) mass is 372 g/mol. The second kappa shape index (κ2) is 7.23. The minimum atomic E-state index is -0.393. The molecule has 1 saturated heterocycles. The Morgan fingerprint density at radius 1 is 1.27 bits per heavy atom. The van der Waals surface area contributed by atoms with Gasteiger partial charge in [-0.1, -0.05) is 18.9 Å². The number of fused-ring (bicyclic) bond motifs is 1. The minimum absolute atomic E-state index is 0.0149. The number of rotatable bonds is 3. The molecule has 0 aromatic carbocycles. The summed E-state index contributed by atoms with van der Waals surface area (Å²) >= 11 is 1.53. The molecular weight excluding hydrogens is 348 g/mol. The third-order valence-electron chi connectivity index (χ3n) is 5.62. The van der Waals surface area contributed by atoms with Crippen molar-refractivity contribution in [3.05, 3.63) is 33.9 Å². The standard InChI is InChI=1S/C19H24N4O2S/c20-14-11-15(17-8-4-10-26-17)21-23(19(14)25)12-18(24)22-9-3-6-13-5-1-2-7-16(13)22/h4,8,10-11,13,16H,1-3,5-7,9,12,20H2/t13-,16-/m1/s1. The molecule has 2 fully saturated rings. The van der Waals surface area contributed by atoms with Crippen LogP contribution in [0.1, 0.15) is 38.5 Å². The summed E-state index contributed by atoms with van der Waals surface area (Å²) in [6.45, 7) is 0.750. The molecule has 3 heterocycles. The molecule has 2 N–H and O–H groups in total. The van der Waals surface area contributed by atoms with Crippen molar-refractivity contribution < 1.29 is 4.79 Å². The highest BCUT2D eigenvalue weighted by molar-refractivity contribution is 7.13. The zero-order valence-electron chi connectivity index (χ0n) is 14.8. The van der Waals surface area contributed by atoms with Crippen molar-refractivity contribution in [3.63, 3.8) is 0 Å². The number of carbonyl (C=O) groups is 1. The number of hydrogen-bond donors (Lipinski definition) is 1. The van der Waals surface area contributed by atoms with Crippen molar-refractivity contribution >= 4 is 22.9 Å². The summed E-state index contributed by atoms with van der Waals surface area (Å²) in [4.78, 5) is 28.3. The number of nitrogens with two attached hydrogens (primary N) is 1. The number of nitrogen functional groups attached to an aromatic ring is 1. The number of thiophene rings is 1. The number of anilines is 1. The van der Waals surface area contributed by atoms with Crippen molar-refractivity contribution in [3.8, 4) is 10.6 Å². The first-order valence-electron chi connectivity index (χ1n) is 9.34. The second-order valence-corrected chi connectivity index (χ2v) is 8.21. The maximum absolute atomic E-state index is 13.0. The first-order valence-corrected chi connectivity index (χ1v) is 10.2. The average Bonchev–Trinajstić information content (AvgIpc) is 3.19. The molecule has 6 nitrogen and oxygen atoms in total. The van der Waals surface area contributed by atoms with E-state index in [4.69, 9.17) is 5.73 Å². The van der Waals surface area contributed by atoms with Crippen LogP contribution < -0.4 is 11.3 Å². The van der Waals surface area contributed by atoms with E-state index in [-0.39, 0.29) is 18.1 Å².